The molecule has 4 rings (SSSR count). The van der Waals surface area contributed by atoms with Crippen molar-refractivity contribution in [3.05, 3.63) is 70.8 Å². The fourth-order valence-electron chi connectivity index (χ4n) is 3.11. The van der Waals surface area contributed by atoms with Gasteiger partial charge in [-0.25, -0.2) is 4.68 Å². The standard InChI is InChI=1S/C22H20N4O2S/c1-3-28-18-10-9-15(11-14(18)2)20-16(12-19-21(27)24-22(23)29-19)13-26(25-20)17-7-5-4-6-8-17/h4-13H,3H2,1-2H3,(H2,23,24,27)/b19-12+. The van der Waals surface area contributed by atoms with E-state index in [1.54, 1.807) is 6.08 Å². The van der Waals surface area contributed by atoms with Crippen molar-refractivity contribution in [1.29, 1.82) is 0 Å². The number of amidine groups is 1. The molecule has 0 saturated heterocycles. The van der Waals surface area contributed by atoms with Gasteiger partial charge in [-0.3, -0.25) is 4.79 Å². The summed E-state index contributed by atoms with van der Waals surface area (Å²) in [4.78, 5) is 16.4. The molecule has 3 aromatic rings. The first kappa shape index (κ1) is 19.0. The van der Waals surface area contributed by atoms with E-state index >= 15 is 0 Å². The Morgan fingerprint density at radius 2 is 2.00 bits per heavy atom. The smallest absolute Gasteiger partial charge is 0.286 e. The van der Waals surface area contributed by atoms with Gasteiger partial charge in [0.1, 0.15) is 11.4 Å². The molecule has 29 heavy (non-hydrogen) atoms. The first-order valence-corrected chi connectivity index (χ1v) is 10.0. The lowest BCUT2D eigenvalue weighted by molar-refractivity contribution is -0.113. The molecular weight excluding hydrogens is 384 g/mol. The highest BCUT2D eigenvalue weighted by molar-refractivity contribution is 8.18. The van der Waals surface area contributed by atoms with Crippen LogP contribution in [0.25, 0.3) is 23.0 Å². The second-order valence-corrected chi connectivity index (χ2v) is 7.55. The van der Waals surface area contributed by atoms with Gasteiger partial charge in [0, 0.05) is 17.3 Å². The fourth-order valence-corrected chi connectivity index (χ4v) is 3.78. The van der Waals surface area contributed by atoms with Crippen molar-refractivity contribution in [3.8, 4) is 22.7 Å². The Morgan fingerprint density at radius 3 is 2.66 bits per heavy atom. The predicted octanol–water partition coefficient (Wildman–Crippen LogP) is 4.18. The number of hydrogen-bond donors (Lipinski definition) is 1. The third kappa shape index (κ3) is 3.95. The number of nitrogens with zero attached hydrogens (tertiary/aromatic N) is 3. The van der Waals surface area contributed by atoms with Gasteiger partial charge in [0.15, 0.2) is 5.17 Å². The monoisotopic (exact) mass is 404 g/mol. The Morgan fingerprint density at radius 1 is 1.21 bits per heavy atom. The molecule has 146 valence electrons. The molecule has 1 aliphatic heterocycles. The van der Waals surface area contributed by atoms with E-state index in [0.717, 1.165) is 33.8 Å². The van der Waals surface area contributed by atoms with E-state index in [1.807, 2.05) is 73.3 Å². The second-order valence-electron chi connectivity index (χ2n) is 6.49. The quantitative estimate of drug-likeness (QED) is 0.645. The maximum absolute atomic E-state index is 12.1. The van der Waals surface area contributed by atoms with E-state index in [-0.39, 0.29) is 11.1 Å². The molecule has 1 aromatic heterocycles. The summed E-state index contributed by atoms with van der Waals surface area (Å²) < 4.78 is 7.46. The zero-order chi connectivity index (χ0) is 20.4. The van der Waals surface area contributed by atoms with Crippen molar-refractivity contribution >= 4 is 28.9 Å². The highest BCUT2D eigenvalue weighted by Gasteiger charge is 2.21. The summed E-state index contributed by atoms with van der Waals surface area (Å²) in [6.07, 6.45) is 3.70. The van der Waals surface area contributed by atoms with Gasteiger partial charge >= 0.3 is 0 Å². The first-order chi connectivity index (χ1) is 14.0. The number of nitrogens with two attached hydrogens (primary N) is 1. The van der Waals surface area contributed by atoms with Crippen molar-refractivity contribution in [1.82, 2.24) is 9.78 Å². The number of aliphatic imine (C=N–C) groups is 1. The number of hydrogen-bond acceptors (Lipinski definition) is 5. The van der Waals surface area contributed by atoms with Crippen molar-refractivity contribution in [3.63, 3.8) is 0 Å². The lowest BCUT2D eigenvalue weighted by Gasteiger charge is -2.08. The third-order valence-corrected chi connectivity index (χ3v) is 5.25. The number of rotatable bonds is 5. The number of aromatic nitrogens is 2. The number of benzene rings is 2. The molecule has 0 bridgehead atoms. The summed E-state index contributed by atoms with van der Waals surface area (Å²) in [5, 5.41) is 5.06. The van der Waals surface area contributed by atoms with Crippen LogP contribution in [-0.4, -0.2) is 27.5 Å². The normalized spacial score (nSPS) is 15.0. The minimum Gasteiger partial charge on any atom is -0.494 e. The Hall–Kier alpha value is -3.32. The van der Waals surface area contributed by atoms with Crippen LogP contribution in [0, 0.1) is 6.92 Å². The average Bonchev–Trinajstić information content (AvgIpc) is 3.27. The molecule has 2 N–H and O–H groups in total. The van der Waals surface area contributed by atoms with E-state index < -0.39 is 0 Å². The van der Waals surface area contributed by atoms with Crippen molar-refractivity contribution in [2.45, 2.75) is 13.8 Å². The molecule has 0 fully saturated rings. The Kier molecular flexibility index (Phi) is 5.22. The summed E-state index contributed by atoms with van der Waals surface area (Å²) in [7, 11) is 0. The molecule has 0 saturated carbocycles. The van der Waals surface area contributed by atoms with Gasteiger partial charge in [0.05, 0.1) is 17.2 Å². The number of amides is 1. The molecule has 7 heteroatoms. The number of carbonyl (C=O) groups excluding carboxylic acids is 1. The molecule has 0 radical (unpaired) electrons. The van der Waals surface area contributed by atoms with Crippen LogP contribution in [0.3, 0.4) is 0 Å². The van der Waals surface area contributed by atoms with Gasteiger partial charge in [-0.2, -0.15) is 10.1 Å². The van der Waals surface area contributed by atoms with Crippen LogP contribution in [0.2, 0.25) is 0 Å². The lowest BCUT2D eigenvalue weighted by Crippen LogP contribution is -2.01. The summed E-state index contributed by atoms with van der Waals surface area (Å²) in [5.74, 6) is 0.523. The second kappa shape index (κ2) is 7.97. The predicted molar refractivity (Wildman–Crippen MR) is 117 cm³/mol. The molecule has 0 spiro atoms. The van der Waals surface area contributed by atoms with Crippen LogP contribution in [0.15, 0.2) is 64.6 Å². The Balaban J connectivity index is 1.82. The van der Waals surface area contributed by atoms with Gasteiger partial charge in [-0.05, 0) is 67.6 Å². The van der Waals surface area contributed by atoms with Crippen LogP contribution in [0.4, 0.5) is 0 Å². The first-order valence-electron chi connectivity index (χ1n) is 9.22. The summed E-state index contributed by atoms with van der Waals surface area (Å²) in [6, 6.07) is 15.8. The molecule has 6 nitrogen and oxygen atoms in total. The number of ether oxygens (including phenoxy) is 1. The zero-order valence-electron chi connectivity index (χ0n) is 16.1. The van der Waals surface area contributed by atoms with Crippen LogP contribution in [0.1, 0.15) is 18.1 Å². The van der Waals surface area contributed by atoms with Crippen LogP contribution in [0.5, 0.6) is 5.75 Å². The summed E-state index contributed by atoms with van der Waals surface area (Å²) in [6.45, 7) is 4.58. The molecule has 0 aliphatic carbocycles. The molecule has 0 unspecified atom stereocenters. The number of carbonyl (C=O) groups is 1. The van der Waals surface area contributed by atoms with Gasteiger partial charge in [0.25, 0.3) is 5.91 Å². The van der Waals surface area contributed by atoms with Crippen LogP contribution in [-0.2, 0) is 4.79 Å². The maximum Gasteiger partial charge on any atom is 0.286 e. The van der Waals surface area contributed by atoms with E-state index in [9.17, 15) is 4.79 Å². The average molecular weight is 404 g/mol. The van der Waals surface area contributed by atoms with Gasteiger partial charge < -0.3 is 10.5 Å². The number of aryl methyl sites for hydroxylation is 1. The van der Waals surface area contributed by atoms with E-state index in [1.165, 1.54) is 11.8 Å². The Labute approximate surface area is 173 Å². The van der Waals surface area contributed by atoms with Gasteiger partial charge in [-0.1, -0.05) is 18.2 Å². The van der Waals surface area contributed by atoms with Crippen molar-refractivity contribution in [2.24, 2.45) is 10.7 Å². The molecule has 0 atom stereocenters. The fraction of sp³-hybridized carbons (Fsp3) is 0.136. The molecular formula is C22H20N4O2S. The summed E-state index contributed by atoms with van der Waals surface area (Å²) >= 11 is 1.17. The zero-order valence-corrected chi connectivity index (χ0v) is 16.9. The molecule has 2 heterocycles. The molecule has 1 aliphatic rings. The van der Waals surface area contributed by atoms with E-state index in [2.05, 4.69) is 4.99 Å². The highest BCUT2D eigenvalue weighted by atomic mass is 32.2. The minimum atomic E-state index is -0.325. The van der Waals surface area contributed by atoms with Crippen LogP contribution < -0.4 is 10.5 Å². The molecule has 2 aromatic carbocycles. The van der Waals surface area contributed by atoms with Crippen molar-refractivity contribution in [2.75, 3.05) is 6.61 Å². The van der Waals surface area contributed by atoms with E-state index in [4.69, 9.17) is 15.6 Å². The Bertz CT molecular complexity index is 1130. The van der Waals surface area contributed by atoms with Gasteiger partial charge in [-0.15, -0.1) is 0 Å². The molecule has 1 amide bonds. The minimum absolute atomic E-state index is 0.259. The topological polar surface area (TPSA) is 82.5 Å². The third-order valence-electron chi connectivity index (χ3n) is 4.44. The summed E-state index contributed by atoms with van der Waals surface area (Å²) in [5.41, 5.74) is 10.2. The van der Waals surface area contributed by atoms with Gasteiger partial charge in [0.2, 0.25) is 0 Å². The lowest BCUT2D eigenvalue weighted by atomic mass is 10.0. The van der Waals surface area contributed by atoms with Crippen LogP contribution >= 0.6 is 11.8 Å². The number of thioether (sulfide) groups is 1. The SMILES string of the molecule is CCOc1ccc(-c2nn(-c3ccccc3)cc2/C=C2/SC(N)=NC2=O)cc1C. The highest BCUT2D eigenvalue weighted by Crippen LogP contribution is 2.32. The largest absolute Gasteiger partial charge is 0.494 e. The van der Waals surface area contributed by atoms with E-state index in [0.29, 0.717) is 11.5 Å². The van der Waals surface area contributed by atoms with Crippen molar-refractivity contribution < 1.29 is 9.53 Å². The number of para-hydroxylation sites is 1. The maximum atomic E-state index is 12.1.